The highest BCUT2D eigenvalue weighted by atomic mass is 32.1. The molecule has 0 bridgehead atoms. The Morgan fingerprint density at radius 2 is 2.00 bits per heavy atom. The van der Waals surface area contributed by atoms with Gasteiger partial charge in [-0.1, -0.05) is 60.9 Å². The van der Waals surface area contributed by atoms with Crippen molar-refractivity contribution in [1.82, 2.24) is 14.6 Å². The van der Waals surface area contributed by atoms with E-state index in [1.54, 1.807) is 11.3 Å². The van der Waals surface area contributed by atoms with Crippen molar-refractivity contribution in [2.45, 2.75) is 44.6 Å². The molecular weight excluding hydrogens is 332 g/mol. The van der Waals surface area contributed by atoms with Gasteiger partial charge in [0.25, 0.3) is 0 Å². The number of aliphatic hydroxyl groups excluding tert-OH is 1. The summed E-state index contributed by atoms with van der Waals surface area (Å²) in [5.41, 5.74) is 2.06. The van der Waals surface area contributed by atoms with Gasteiger partial charge in [0.1, 0.15) is 0 Å². The number of aliphatic hydroxyl groups is 1. The van der Waals surface area contributed by atoms with Gasteiger partial charge in [-0.25, -0.2) is 9.50 Å². The van der Waals surface area contributed by atoms with Gasteiger partial charge >= 0.3 is 0 Å². The standard InChI is InChI=1S/C19H24N4OS/c24-12-11-16(14-7-3-1-4-8-14)20-18-22-23-13-17(21-19(23)25-18)15-9-5-2-6-10-15/h2,5-6,9-10,13-14,16,24H,1,3-4,7-8,11-12H2,(H,20,22). The Labute approximate surface area is 151 Å². The fraction of sp³-hybridized carbons (Fsp3) is 0.474. The Bertz CT molecular complexity index is 776. The SMILES string of the molecule is OCCC(Nc1nn2cc(-c3ccccc3)nc2s1)C1CCCCC1. The number of aromatic nitrogens is 3. The molecule has 3 aromatic rings. The molecule has 132 valence electrons. The van der Waals surface area contributed by atoms with Crippen LogP contribution >= 0.6 is 11.3 Å². The van der Waals surface area contributed by atoms with Crippen molar-refractivity contribution in [2.24, 2.45) is 5.92 Å². The normalized spacial score (nSPS) is 17.0. The van der Waals surface area contributed by atoms with Crippen molar-refractivity contribution < 1.29 is 5.11 Å². The van der Waals surface area contributed by atoms with Crippen LogP contribution < -0.4 is 5.32 Å². The summed E-state index contributed by atoms with van der Waals surface area (Å²) >= 11 is 1.58. The van der Waals surface area contributed by atoms with Crippen molar-refractivity contribution >= 4 is 21.4 Å². The van der Waals surface area contributed by atoms with Crippen molar-refractivity contribution in [1.29, 1.82) is 0 Å². The number of imidazole rings is 1. The largest absolute Gasteiger partial charge is 0.396 e. The van der Waals surface area contributed by atoms with Crippen LogP contribution in [0.25, 0.3) is 16.2 Å². The first kappa shape index (κ1) is 16.5. The van der Waals surface area contributed by atoms with Gasteiger partial charge in [-0.2, -0.15) is 0 Å². The molecular formula is C19H24N4OS. The highest BCUT2D eigenvalue weighted by molar-refractivity contribution is 7.20. The lowest BCUT2D eigenvalue weighted by Gasteiger charge is -2.30. The maximum absolute atomic E-state index is 9.43. The third kappa shape index (κ3) is 3.70. The van der Waals surface area contributed by atoms with Crippen LogP contribution in [0.4, 0.5) is 5.13 Å². The van der Waals surface area contributed by atoms with Crippen molar-refractivity contribution in [3.63, 3.8) is 0 Å². The molecule has 0 saturated heterocycles. The molecule has 6 heteroatoms. The summed E-state index contributed by atoms with van der Waals surface area (Å²) in [4.78, 5) is 5.60. The molecule has 4 rings (SSSR count). The average molecular weight is 356 g/mol. The van der Waals surface area contributed by atoms with Crippen LogP contribution in [0, 0.1) is 5.92 Å². The van der Waals surface area contributed by atoms with Crippen LogP contribution in [0.3, 0.4) is 0 Å². The number of nitrogens with zero attached hydrogens (tertiary/aromatic N) is 3. The van der Waals surface area contributed by atoms with Crippen LogP contribution in [0.15, 0.2) is 36.5 Å². The lowest BCUT2D eigenvalue weighted by atomic mass is 9.83. The highest BCUT2D eigenvalue weighted by Crippen LogP contribution is 2.31. The molecule has 1 aliphatic rings. The second kappa shape index (κ2) is 7.54. The highest BCUT2D eigenvalue weighted by Gasteiger charge is 2.24. The molecule has 25 heavy (non-hydrogen) atoms. The summed E-state index contributed by atoms with van der Waals surface area (Å²) in [6.45, 7) is 0.217. The van der Waals surface area contributed by atoms with Gasteiger partial charge < -0.3 is 10.4 Å². The molecule has 1 unspecified atom stereocenters. The number of nitrogens with one attached hydrogen (secondary N) is 1. The lowest BCUT2D eigenvalue weighted by Crippen LogP contribution is -2.31. The molecule has 2 heterocycles. The predicted molar refractivity (Wildman–Crippen MR) is 102 cm³/mol. The average Bonchev–Trinajstić information content (AvgIpc) is 3.21. The van der Waals surface area contributed by atoms with E-state index < -0.39 is 0 Å². The molecule has 0 aliphatic heterocycles. The van der Waals surface area contributed by atoms with E-state index >= 15 is 0 Å². The molecule has 0 radical (unpaired) electrons. The molecule has 0 spiro atoms. The van der Waals surface area contributed by atoms with E-state index in [0.717, 1.165) is 27.8 Å². The molecule has 1 atom stereocenters. The van der Waals surface area contributed by atoms with E-state index in [-0.39, 0.29) is 6.61 Å². The van der Waals surface area contributed by atoms with Gasteiger partial charge in [-0.3, -0.25) is 0 Å². The van der Waals surface area contributed by atoms with Crippen molar-refractivity contribution in [2.75, 3.05) is 11.9 Å². The van der Waals surface area contributed by atoms with Crippen LogP contribution in [0.1, 0.15) is 38.5 Å². The first-order valence-corrected chi connectivity index (χ1v) is 9.94. The van der Waals surface area contributed by atoms with Gasteiger partial charge in [-0.05, 0) is 25.2 Å². The Balaban J connectivity index is 1.51. The molecule has 2 aromatic heterocycles. The van der Waals surface area contributed by atoms with Crippen LogP contribution in [-0.2, 0) is 0 Å². The summed E-state index contributed by atoms with van der Waals surface area (Å²) in [6, 6.07) is 10.5. The fourth-order valence-corrected chi connectivity index (χ4v) is 4.61. The first-order chi connectivity index (χ1) is 12.3. The second-order valence-electron chi connectivity index (χ2n) is 6.79. The number of anilines is 1. The zero-order valence-corrected chi connectivity index (χ0v) is 15.1. The summed E-state index contributed by atoms with van der Waals surface area (Å²) in [6.07, 6.45) is 9.20. The van der Waals surface area contributed by atoms with Gasteiger partial charge in [0.05, 0.1) is 11.9 Å². The van der Waals surface area contributed by atoms with Crippen LogP contribution in [0.5, 0.6) is 0 Å². The smallest absolute Gasteiger partial charge is 0.214 e. The van der Waals surface area contributed by atoms with Gasteiger partial charge in [-0.15, -0.1) is 5.10 Å². The molecule has 1 aliphatic carbocycles. The third-order valence-electron chi connectivity index (χ3n) is 5.08. The number of hydrogen-bond acceptors (Lipinski definition) is 5. The van der Waals surface area contributed by atoms with E-state index in [9.17, 15) is 5.11 Å². The monoisotopic (exact) mass is 356 g/mol. The molecule has 0 amide bonds. The van der Waals surface area contributed by atoms with Crippen molar-refractivity contribution in [3.8, 4) is 11.3 Å². The summed E-state index contributed by atoms with van der Waals surface area (Å²) in [5, 5.41) is 18.6. The molecule has 2 N–H and O–H groups in total. The van der Waals surface area contributed by atoms with E-state index in [1.807, 2.05) is 28.9 Å². The molecule has 1 fully saturated rings. The Kier molecular flexibility index (Phi) is 4.99. The van der Waals surface area contributed by atoms with Crippen LogP contribution in [0.2, 0.25) is 0 Å². The number of rotatable bonds is 6. The molecule has 1 aromatic carbocycles. The minimum Gasteiger partial charge on any atom is -0.396 e. The second-order valence-corrected chi connectivity index (χ2v) is 7.74. The third-order valence-corrected chi connectivity index (χ3v) is 5.93. The van der Waals surface area contributed by atoms with Crippen molar-refractivity contribution in [3.05, 3.63) is 36.5 Å². The van der Waals surface area contributed by atoms with Crippen LogP contribution in [-0.4, -0.2) is 32.4 Å². The Hall–Kier alpha value is -1.92. The maximum atomic E-state index is 9.43. The Morgan fingerprint density at radius 1 is 1.20 bits per heavy atom. The minimum absolute atomic E-state index is 0.217. The van der Waals surface area contributed by atoms with E-state index in [0.29, 0.717) is 12.0 Å². The van der Waals surface area contributed by atoms with Gasteiger partial charge in [0.2, 0.25) is 10.1 Å². The molecule has 5 nitrogen and oxygen atoms in total. The molecule has 1 saturated carbocycles. The number of hydrogen-bond donors (Lipinski definition) is 2. The van der Waals surface area contributed by atoms with Gasteiger partial charge in [0, 0.05) is 18.2 Å². The summed E-state index contributed by atoms with van der Waals surface area (Å²) in [7, 11) is 0. The van der Waals surface area contributed by atoms with Gasteiger partial charge in [0.15, 0.2) is 0 Å². The topological polar surface area (TPSA) is 62.5 Å². The van der Waals surface area contributed by atoms with E-state index in [4.69, 9.17) is 4.98 Å². The van der Waals surface area contributed by atoms with E-state index in [2.05, 4.69) is 22.5 Å². The summed E-state index contributed by atoms with van der Waals surface area (Å²) < 4.78 is 1.85. The van der Waals surface area contributed by atoms with E-state index in [1.165, 1.54) is 32.1 Å². The number of benzene rings is 1. The fourth-order valence-electron chi connectivity index (χ4n) is 3.77. The zero-order valence-electron chi connectivity index (χ0n) is 14.3. The quantitative estimate of drug-likeness (QED) is 0.695. The zero-order chi connectivity index (χ0) is 17.1. The number of fused-ring (bicyclic) bond motifs is 1. The lowest BCUT2D eigenvalue weighted by molar-refractivity contribution is 0.239. The first-order valence-electron chi connectivity index (χ1n) is 9.12. The Morgan fingerprint density at radius 3 is 2.72 bits per heavy atom. The minimum atomic E-state index is 0.217. The maximum Gasteiger partial charge on any atom is 0.214 e. The predicted octanol–water partition coefficient (Wildman–Crippen LogP) is 4.20. The summed E-state index contributed by atoms with van der Waals surface area (Å²) in [5.74, 6) is 0.636.